The maximum atomic E-state index is 13.5. The Morgan fingerprint density at radius 1 is 1.10 bits per heavy atom. The molecule has 0 spiro atoms. The van der Waals surface area contributed by atoms with E-state index < -0.39 is 0 Å². The van der Waals surface area contributed by atoms with Crippen LogP contribution >= 0.6 is 0 Å². The Bertz CT molecular complexity index is 760. The molecule has 100 valence electrons. The van der Waals surface area contributed by atoms with Gasteiger partial charge in [-0.15, -0.1) is 0 Å². The molecule has 1 unspecified atom stereocenters. The average Bonchev–Trinajstić information content (AvgIpc) is 3.20. The quantitative estimate of drug-likeness (QED) is 0.660. The Hall–Kier alpha value is -2.13. The van der Waals surface area contributed by atoms with Gasteiger partial charge < -0.3 is 9.30 Å². The molecule has 0 N–H and O–H groups in total. The smallest absolute Gasteiger partial charge is 0.123 e. The van der Waals surface area contributed by atoms with Gasteiger partial charge in [0, 0.05) is 11.7 Å². The molecule has 2 heterocycles. The largest absolute Gasteiger partial charge is 0.370 e. The standard InChI is InChI=1S/C17H14FNO/c18-14-6-3-5-13(10-14)17(16-11-20-16)19-9-8-12-4-1-2-7-15(12)19/h1-10,16-17H,11H2/t16-,17?/m0/s1. The lowest BCUT2D eigenvalue weighted by molar-refractivity contribution is 0.356. The van der Waals surface area contributed by atoms with Crippen LogP contribution in [0.4, 0.5) is 4.39 Å². The van der Waals surface area contributed by atoms with E-state index in [0.717, 1.165) is 17.7 Å². The number of nitrogens with zero attached hydrogens (tertiary/aromatic N) is 1. The van der Waals surface area contributed by atoms with E-state index in [0.29, 0.717) is 0 Å². The summed E-state index contributed by atoms with van der Waals surface area (Å²) in [7, 11) is 0. The highest BCUT2D eigenvalue weighted by molar-refractivity contribution is 5.80. The molecule has 0 radical (unpaired) electrons. The summed E-state index contributed by atoms with van der Waals surface area (Å²) >= 11 is 0. The second kappa shape index (κ2) is 4.46. The molecule has 3 heteroatoms. The van der Waals surface area contributed by atoms with Crippen molar-refractivity contribution in [3.05, 3.63) is 72.2 Å². The van der Waals surface area contributed by atoms with E-state index in [2.05, 4.69) is 29.0 Å². The molecule has 1 aliphatic rings. The Balaban J connectivity index is 1.87. The van der Waals surface area contributed by atoms with E-state index in [1.54, 1.807) is 12.1 Å². The predicted molar refractivity (Wildman–Crippen MR) is 76.2 cm³/mol. The van der Waals surface area contributed by atoms with Crippen molar-refractivity contribution in [2.75, 3.05) is 6.61 Å². The van der Waals surface area contributed by atoms with Gasteiger partial charge in [-0.05, 0) is 35.2 Å². The zero-order chi connectivity index (χ0) is 13.5. The summed E-state index contributed by atoms with van der Waals surface area (Å²) in [4.78, 5) is 0. The number of halogens is 1. The van der Waals surface area contributed by atoms with Gasteiger partial charge in [0.15, 0.2) is 0 Å². The van der Waals surface area contributed by atoms with E-state index in [-0.39, 0.29) is 18.0 Å². The van der Waals surface area contributed by atoms with Crippen molar-refractivity contribution in [1.29, 1.82) is 0 Å². The van der Waals surface area contributed by atoms with Gasteiger partial charge in [0.25, 0.3) is 0 Å². The highest BCUT2D eigenvalue weighted by Gasteiger charge is 2.35. The Morgan fingerprint density at radius 2 is 1.95 bits per heavy atom. The normalized spacial score (nSPS) is 19.1. The lowest BCUT2D eigenvalue weighted by Gasteiger charge is -2.19. The van der Waals surface area contributed by atoms with Crippen LogP contribution in [0.2, 0.25) is 0 Å². The van der Waals surface area contributed by atoms with Crippen LogP contribution in [0.1, 0.15) is 11.6 Å². The maximum absolute atomic E-state index is 13.5. The third-order valence-corrected chi connectivity index (χ3v) is 3.83. The number of aromatic nitrogens is 1. The van der Waals surface area contributed by atoms with Crippen LogP contribution in [0.15, 0.2) is 60.8 Å². The Morgan fingerprint density at radius 3 is 2.75 bits per heavy atom. The first-order valence-corrected chi connectivity index (χ1v) is 6.75. The molecule has 4 rings (SSSR count). The van der Waals surface area contributed by atoms with Gasteiger partial charge in [0.05, 0.1) is 12.6 Å². The molecule has 2 atom stereocenters. The molecule has 20 heavy (non-hydrogen) atoms. The van der Waals surface area contributed by atoms with Crippen LogP contribution in [0, 0.1) is 5.82 Å². The van der Waals surface area contributed by atoms with E-state index in [1.807, 2.05) is 18.2 Å². The van der Waals surface area contributed by atoms with Gasteiger partial charge in [-0.1, -0.05) is 30.3 Å². The van der Waals surface area contributed by atoms with Gasteiger partial charge in [0.2, 0.25) is 0 Å². The minimum atomic E-state index is -0.204. The summed E-state index contributed by atoms with van der Waals surface area (Å²) in [5.41, 5.74) is 2.10. The second-order valence-electron chi connectivity index (χ2n) is 5.15. The fourth-order valence-electron chi connectivity index (χ4n) is 2.83. The molecule has 2 aromatic carbocycles. The van der Waals surface area contributed by atoms with E-state index in [9.17, 15) is 4.39 Å². The van der Waals surface area contributed by atoms with Crippen molar-refractivity contribution < 1.29 is 9.13 Å². The van der Waals surface area contributed by atoms with Crippen molar-refractivity contribution in [3.8, 4) is 0 Å². The summed E-state index contributed by atoms with van der Waals surface area (Å²) in [6, 6.07) is 17.1. The highest BCUT2D eigenvalue weighted by Crippen LogP contribution is 2.34. The topological polar surface area (TPSA) is 17.5 Å². The van der Waals surface area contributed by atoms with Crippen molar-refractivity contribution in [2.24, 2.45) is 0 Å². The molecule has 1 aromatic heterocycles. The highest BCUT2D eigenvalue weighted by atomic mass is 19.1. The SMILES string of the molecule is Fc1cccc(C([C@@H]2CO2)n2ccc3ccccc32)c1. The fraction of sp³-hybridized carbons (Fsp3) is 0.176. The van der Waals surface area contributed by atoms with Crippen LogP contribution in [-0.2, 0) is 4.74 Å². The first kappa shape index (κ1) is 11.7. The zero-order valence-corrected chi connectivity index (χ0v) is 10.9. The third kappa shape index (κ3) is 1.91. The molecule has 0 amide bonds. The molecule has 1 saturated heterocycles. The lowest BCUT2D eigenvalue weighted by Crippen LogP contribution is -2.16. The van der Waals surface area contributed by atoms with Crippen LogP contribution in [0.5, 0.6) is 0 Å². The van der Waals surface area contributed by atoms with Crippen LogP contribution < -0.4 is 0 Å². The molecule has 1 fully saturated rings. The fourth-order valence-corrected chi connectivity index (χ4v) is 2.83. The molecular formula is C17H14FNO. The van der Waals surface area contributed by atoms with Gasteiger partial charge in [0.1, 0.15) is 11.9 Å². The number of fused-ring (bicyclic) bond motifs is 1. The lowest BCUT2D eigenvalue weighted by atomic mass is 10.0. The number of ether oxygens (including phenoxy) is 1. The zero-order valence-electron chi connectivity index (χ0n) is 10.9. The van der Waals surface area contributed by atoms with Crippen LogP contribution in [0.3, 0.4) is 0 Å². The molecular weight excluding hydrogens is 253 g/mol. The van der Waals surface area contributed by atoms with Crippen molar-refractivity contribution >= 4 is 10.9 Å². The summed E-state index contributed by atoms with van der Waals surface area (Å²) in [5, 5.41) is 1.19. The van der Waals surface area contributed by atoms with Gasteiger partial charge in [-0.25, -0.2) is 4.39 Å². The van der Waals surface area contributed by atoms with Gasteiger partial charge >= 0.3 is 0 Å². The minimum absolute atomic E-state index is 0.0330. The van der Waals surface area contributed by atoms with E-state index >= 15 is 0 Å². The number of epoxide rings is 1. The monoisotopic (exact) mass is 267 g/mol. The first-order chi connectivity index (χ1) is 9.83. The van der Waals surface area contributed by atoms with Crippen molar-refractivity contribution in [1.82, 2.24) is 4.57 Å². The Kier molecular flexibility index (Phi) is 2.60. The summed E-state index contributed by atoms with van der Waals surface area (Å²) < 4.78 is 21.2. The number of hydrogen-bond acceptors (Lipinski definition) is 1. The molecule has 0 aliphatic carbocycles. The number of rotatable bonds is 3. The van der Waals surface area contributed by atoms with Crippen LogP contribution in [-0.4, -0.2) is 17.3 Å². The van der Waals surface area contributed by atoms with Crippen LogP contribution in [0.25, 0.3) is 10.9 Å². The number of para-hydroxylation sites is 1. The van der Waals surface area contributed by atoms with Gasteiger partial charge in [-0.3, -0.25) is 0 Å². The first-order valence-electron chi connectivity index (χ1n) is 6.75. The van der Waals surface area contributed by atoms with Gasteiger partial charge in [-0.2, -0.15) is 0 Å². The van der Waals surface area contributed by atoms with E-state index in [1.165, 1.54) is 11.5 Å². The van der Waals surface area contributed by atoms with Crippen molar-refractivity contribution in [3.63, 3.8) is 0 Å². The minimum Gasteiger partial charge on any atom is -0.370 e. The number of benzene rings is 2. The summed E-state index contributed by atoms with van der Waals surface area (Å²) in [6.07, 6.45) is 2.19. The molecule has 1 aliphatic heterocycles. The second-order valence-corrected chi connectivity index (χ2v) is 5.15. The molecule has 2 nitrogen and oxygen atoms in total. The summed E-state index contributed by atoms with van der Waals surface area (Å²) in [5.74, 6) is -0.204. The third-order valence-electron chi connectivity index (χ3n) is 3.83. The molecule has 0 saturated carbocycles. The number of hydrogen-bond donors (Lipinski definition) is 0. The Labute approximate surface area is 116 Å². The predicted octanol–water partition coefficient (Wildman–Crippen LogP) is 3.77. The summed E-state index contributed by atoms with van der Waals surface area (Å²) in [6.45, 7) is 0.730. The molecule has 0 bridgehead atoms. The maximum Gasteiger partial charge on any atom is 0.123 e. The average molecular weight is 267 g/mol. The van der Waals surface area contributed by atoms with Crippen molar-refractivity contribution in [2.45, 2.75) is 12.1 Å². The van der Waals surface area contributed by atoms with E-state index in [4.69, 9.17) is 4.74 Å². The molecule has 3 aromatic rings.